The van der Waals surface area contributed by atoms with Crippen LogP contribution in [-0.2, 0) is 9.47 Å². The van der Waals surface area contributed by atoms with Crippen molar-refractivity contribution in [3.63, 3.8) is 0 Å². The second-order valence-corrected chi connectivity index (χ2v) is 2.86. The Bertz CT molecular complexity index is 403. The van der Waals surface area contributed by atoms with E-state index in [4.69, 9.17) is 0 Å². The normalized spacial score (nSPS) is 8.95. The summed E-state index contributed by atoms with van der Waals surface area (Å²) in [6.45, 7) is 3.08. The number of hydrogen-bond acceptors (Lipinski definition) is 7. The van der Waals surface area contributed by atoms with Crippen LogP contribution < -0.4 is 69.3 Å². The first-order valence-corrected chi connectivity index (χ1v) is 4.87. The number of esters is 2. The molecule has 19 heavy (non-hydrogen) atoms. The molecule has 1 aromatic heterocycles. The van der Waals surface area contributed by atoms with Crippen LogP contribution in [0.15, 0.2) is 4.42 Å². The van der Waals surface area contributed by atoms with E-state index in [2.05, 4.69) is 13.9 Å². The Morgan fingerprint density at radius 2 is 1.26 bits per heavy atom. The van der Waals surface area contributed by atoms with E-state index in [0.29, 0.717) is 0 Å². The Labute approximate surface area is 153 Å². The first kappa shape index (κ1) is 21.1. The van der Waals surface area contributed by atoms with Crippen molar-refractivity contribution in [1.82, 2.24) is 0 Å². The van der Waals surface area contributed by atoms with Crippen molar-refractivity contribution < 1.29 is 92.8 Å². The van der Waals surface area contributed by atoms with Crippen LogP contribution in [0.2, 0.25) is 0 Å². The number of furan rings is 1. The zero-order chi connectivity index (χ0) is 13.0. The molecule has 0 spiro atoms. The van der Waals surface area contributed by atoms with E-state index in [1.165, 1.54) is 13.8 Å². The average Bonchev–Trinajstić information content (AvgIpc) is 2.57. The predicted octanol–water partition coefficient (Wildman–Crippen LogP) is -6.21. The van der Waals surface area contributed by atoms with Crippen molar-refractivity contribution in [3.05, 3.63) is 11.5 Å². The molecule has 0 unspecified atom stereocenters. The van der Waals surface area contributed by atoms with Gasteiger partial charge in [-0.25, -0.2) is 9.59 Å². The van der Waals surface area contributed by atoms with Crippen molar-refractivity contribution in [2.45, 2.75) is 13.8 Å². The first-order valence-electron chi connectivity index (χ1n) is 4.87. The molecule has 1 heterocycles. The molecule has 0 radical (unpaired) electrons. The molecule has 9 heteroatoms. The summed E-state index contributed by atoms with van der Waals surface area (Å²) in [5, 5.41) is 22.6. The smallest absolute Gasteiger partial charge is 0.870 e. The summed E-state index contributed by atoms with van der Waals surface area (Å²) in [6.07, 6.45) is 0. The largest absolute Gasteiger partial charge is 1.00 e. The summed E-state index contributed by atoms with van der Waals surface area (Å²) < 4.78 is 13.6. The van der Waals surface area contributed by atoms with Crippen LogP contribution in [0.25, 0.3) is 0 Å². The van der Waals surface area contributed by atoms with Gasteiger partial charge in [0.2, 0.25) is 11.5 Å². The number of hydrogen-bond donors (Lipinski definition) is 0. The van der Waals surface area contributed by atoms with Crippen LogP contribution in [0.5, 0.6) is 11.5 Å². The third kappa shape index (κ3) is 5.02. The molecule has 0 saturated heterocycles. The van der Waals surface area contributed by atoms with E-state index in [9.17, 15) is 19.8 Å². The van der Waals surface area contributed by atoms with Crippen molar-refractivity contribution in [2.75, 3.05) is 13.2 Å². The molecule has 1 rings (SSSR count). The molecule has 0 N–H and O–H groups in total. The standard InChI is InChI=1S/C10H12O7.2Na/c1-3-15-9(13)7-5(11)6(12)8(17-7)10(14)16-4-2;;/h11-12H,3-4H2,1-2H3;;/q;2*+1/p-2. The minimum absolute atomic E-state index is 0. The molecular weight excluding hydrogens is 278 g/mol. The van der Waals surface area contributed by atoms with E-state index in [-0.39, 0.29) is 72.3 Å². The van der Waals surface area contributed by atoms with Crippen molar-refractivity contribution in [3.8, 4) is 11.5 Å². The Hall–Kier alpha value is -0.180. The molecule has 94 valence electrons. The Morgan fingerprint density at radius 1 is 0.947 bits per heavy atom. The van der Waals surface area contributed by atoms with Gasteiger partial charge in [0, 0.05) is 0 Å². The van der Waals surface area contributed by atoms with Crippen molar-refractivity contribution >= 4 is 11.9 Å². The molecule has 0 aliphatic rings. The van der Waals surface area contributed by atoms with Gasteiger partial charge in [-0.2, -0.15) is 0 Å². The predicted molar refractivity (Wildman–Crippen MR) is 49.5 cm³/mol. The van der Waals surface area contributed by atoms with Gasteiger partial charge in [-0.05, 0) is 13.8 Å². The molecule has 0 atom stereocenters. The summed E-state index contributed by atoms with van der Waals surface area (Å²) in [7, 11) is 0. The molecule has 0 aromatic carbocycles. The molecule has 0 bridgehead atoms. The van der Waals surface area contributed by atoms with Crippen LogP contribution in [0.1, 0.15) is 35.0 Å². The monoisotopic (exact) mass is 288 g/mol. The Kier molecular flexibility index (Phi) is 10.8. The zero-order valence-electron chi connectivity index (χ0n) is 11.3. The maximum Gasteiger partial charge on any atom is 1.00 e. The van der Waals surface area contributed by atoms with Gasteiger partial charge in [0.05, 0.1) is 13.2 Å². The van der Waals surface area contributed by atoms with E-state index in [1.54, 1.807) is 0 Å². The van der Waals surface area contributed by atoms with Crippen molar-refractivity contribution in [2.24, 2.45) is 0 Å². The third-order valence-electron chi connectivity index (χ3n) is 1.74. The molecule has 0 aliphatic heterocycles. The topological polar surface area (TPSA) is 112 Å². The van der Waals surface area contributed by atoms with Gasteiger partial charge in [-0.1, -0.05) is 11.5 Å². The van der Waals surface area contributed by atoms with E-state index in [1.807, 2.05) is 0 Å². The number of ether oxygens (including phenoxy) is 2. The molecule has 0 aliphatic carbocycles. The van der Waals surface area contributed by atoms with Crippen molar-refractivity contribution in [1.29, 1.82) is 0 Å². The summed E-state index contributed by atoms with van der Waals surface area (Å²) in [5.41, 5.74) is 0. The summed E-state index contributed by atoms with van der Waals surface area (Å²) in [4.78, 5) is 22.4. The summed E-state index contributed by atoms with van der Waals surface area (Å²) in [6, 6.07) is 0. The molecular formula is C10H10Na2O7. The van der Waals surface area contributed by atoms with Gasteiger partial charge in [0.1, 0.15) is 0 Å². The number of carbonyl (C=O) groups excluding carboxylic acids is 2. The van der Waals surface area contributed by atoms with Gasteiger partial charge < -0.3 is 24.1 Å². The van der Waals surface area contributed by atoms with E-state index < -0.39 is 35.0 Å². The van der Waals surface area contributed by atoms with Gasteiger partial charge in [-0.15, -0.1) is 0 Å². The number of rotatable bonds is 4. The van der Waals surface area contributed by atoms with E-state index >= 15 is 0 Å². The second-order valence-electron chi connectivity index (χ2n) is 2.86. The minimum Gasteiger partial charge on any atom is -0.870 e. The Morgan fingerprint density at radius 3 is 1.53 bits per heavy atom. The summed E-state index contributed by atoms with van der Waals surface area (Å²) >= 11 is 0. The molecule has 0 amide bonds. The maximum absolute atomic E-state index is 11.3. The van der Waals surface area contributed by atoms with Crippen LogP contribution in [0, 0.1) is 0 Å². The first-order chi connectivity index (χ1) is 8.02. The van der Waals surface area contributed by atoms with Crippen LogP contribution >= 0.6 is 0 Å². The van der Waals surface area contributed by atoms with Gasteiger partial charge in [-0.3, -0.25) is 0 Å². The minimum atomic E-state index is -1.20. The fourth-order valence-electron chi connectivity index (χ4n) is 1.06. The van der Waals surface area contributed by atoms with Gasteiger partial charge in [0.25, 0.3) is 0 Å². The quantitative estimate of drug-likeness (QED) is 0.400. The Balaban J connectivity index is 0. The second kappa shape index (κ2) is 9.68. The SMILES string of the molecule is CCOC(=O)c1oc(C(=O)OCC)c([O-])c1[O-].[Na+].[Na+]. The average molecular weight is 288 g/mol. The van der Waals surface area contributed by atoms with Crippen LogP contribution in [0.4, 0.5) is 0 Å². The fourth-order valence-corrected chi connectivity index (χ4v) is 1.06. The van der Waals surface area contributed by atoms with Crippen LogP contribution in [-0.4, -0.2) is 25.2 Å². The molecule has 7 nitrogen and oxygen atoms in total. The fraction of sp³-hybridized carbons (Fsp3) is 0.400. The molecule has 1 aromatic rings. The van der Waals surface area contributed by atoms with E-state index in [0.717, 1.165) is 0 Å². The van der Waals surface area contributed by atoms with Crippen LogP contribution in [0.3, 0.4) is 0 Å². The molecule has 0 fully saturated rings. The molecule has 0 saturated carbocycles. The maximum atomic E-state index is 11.3. The van der Waals surface area contributed by atoms with Gasteiger partial charge in [0.15, 0.2) is 0 Å². The zero-order valence-corrected chi connectivity index (χ0v) is 15.3. The van der Waals surface area contributed by atoms with Gasteiger partial charge >= 0.3 is 71.1 Å². The summed E-state index contributed by atoms with van der Waals surface area (Å²) in [5.74, 6) is -6.17. The number of carbonyl (C=O) groups is 2. The third-order valence-corrected chi connectivity index (χ3v) is 1.74.